The number of rotatable bonds is 5. The quantitative estimate of drug-likeness (QED) is 0.238. The zero-order valence-corrected chi connectivity index (χ0v) is 13.8. The second-order valence-electron chi connectivity index (χ2n) is 4.84. The van der Waals surface area contributed by atoms with Gasteiger partial charge in [0.2, 0.25) is 5.91 Å². The number of amidine groups is 1. The van der Waals surface area contributed by atoms with Gasteiger partial charge in [-0.05, 0) is 12.1 Å². The summed E-state index contributed by atoms with van der Waals surface area (Å²) in [7, 11) is 2.68. The third-order valence-corrected chi connectivity index (χ3v) is 3.21. The first kappa shape index (κ1) is 17.8. The van der Waals surface area contributed by atoms with Gasteiger partial charge in [-0.1, -0.05) is 11.2 Å². The fourth-order valence-electron chi connectivity index (χ4n) is 2.15. The van der Waals surface area contributed by atoms with E-state index in [4.69, 9.17) is 20.4 Å². The molecule has 0 spiro atoms. The van der Waals surface area contributed by atoms with Crippen molar-refractivity contribution < 1.29 is 24.3 Å². The van der Waals surface area contributed by atoms with Crippen molar-refractivity contribution in [3.8, 4) is 11.4 Å². The van der Waals surface area contributed by atoms with E-state index in [0.717, 1.165) is 0 Å². The zero-order chi connectivity index (χ0) is 18.6. The summed E-state index contributed by atoms with van der Waals surface area (Å²) >= 11 is 0. The molecule has 0 aliphatic heterocycles. The van der Waals surface area contributed by atoms with Crippen molar-refractivity contribution in [2.45, 2.75) is 6.92 Å². The number of methoxy groups -OCH3 is 2. The topological polar surface area (TPSA) is 141 Å². The lowest BCUT2D eigenvalue weighted by atomic mass is 10.2. The van der Waals surface area contributed by atoms with Crippen LogP contribution < -0.4 is 15.8 Å². The molecular formula is C15H17N5O5. The molecule has 0 unspecified atom stereocenters. The number of esters is 1. The standard InChI is InChI=1S/C15H17N5O5/c1-8(21)17-11-12(14(16)19-23)18-20(13(11)15(22)25-3)9-5-4-6-10(7-9)24-2/h4-7,23H,1-3H3,(H2,16,19)(H,17,21). The lowest BCUT2D eigenvalue weighted by Crippen LogP contribution is -2.18. The van der Waals surface area contributed by atoms with Gasteiger partial charge in [0.05, 0.1) is 19.9 Å². The molecule has 2 rings (SSSR count). The van der Waals surface area contributed by atoms with Gasteiger partial charge in [-0.3, -0.25) is 4.79 Å². The number of oxime groups is 1. The average molecular weight is 347 g/mol. The summed E-state index contributed by atoms with van der Waals surface area (Å²) in [5.41, 5.74) is 5.87. The number of amides is 1. The number of nitrogens with zero attached hydrogens (tertiary/aromatic N) is 3. The minimum absolute atomic E-state index is 0.0301. The van der Waals surface area contributed by atoms with Crippen molar-refractivity contribution in [2.75, 3.05) is 19.5 Å². The SMILES string of the molecule is COC(=O)c1c(NC(C)=O)c(C(N)=NO)nn1-c1cccc(OC)c1. The normalized spacial score (nSPS) is 11.1. The van der Waals surface area contributed by atoms with Gasteiger partial charge >= 0.3 is 5.97 Å². The summed E-state index contributed by atoms with van der Waals surface area (Å²) in [5, 5.41) is 18.5. The number of nitrogens with one attached hydrogen (secondary N) is 1. The zero-order valence-electron chi connectivity index (χ0n) is 13.8. The molecule has 0 aliphatic rings. The summed E-state index contributed by atoms with van der Waals surface area (Å²) in [5.74, 6) is -1.09. The van der Waals surface area contributed by atoms with E-state index < -0.39 is 11.9 Å². The fraction of sp³-hybridized carbons (Fsp3) is 0.200. The van der Waals surface area contributed by atoms with Crippen molar-refractivity contribution >= 4 is 23.4 Å². The lowest BCUT2D eigenvalue weighted by Gasteiger charge is -2.09. The Balaban J connectivity index is 2.79. The predicted octanol–water partition coefficient (Wildman–Crippen LogP) is 0.720. The molecule has 0 fully saturated rings. The summed E-state index contributed by atoms with van der Waals surface area (Å²) in [4.78, 5) is 23.8. The number of carbonyl (C=O) groups excluding carboxylic acids is 2. The van der Waals surface area contributed by atoms with Crippen LogP contribution in [0.2, 0.25) is 0 Å². The van der Waals surface area contributed by atoms with Gasteiger partial charge in [-0.2, -0.15) is 5.10 Å². The largest absolute Gasteiger partial charge is 0.497 e. The van der Waals surface area contributed by atoms with Crippen molar-refractivity contribution in [1.82, 2.24) is 9.78 Å². The van der Waals surface area contributed by atoms with E-state index in [1.54, 1.807) is 24.3 Å². The molecule has 25 heavy (non-hydrogen) atoms. The molecule has 0 saturated heterocycles. The van der Waals surface area contributed by atoms with Gasteiger partial charge in [0.15, 0.2) is 17.2 Å². The van der Waals surface area contributed by atoms with Crippen LogP contribution in [0.15, 0.2) is 29.4 Å². The Kier molecular flexibility index (Phi) is 5.22. The molecule has 0 atom stereocenters. The summed E-state index contributed by atoms with van der Waals surface area (Å²) in [6.07, 6.45) is 0. The van der Waals surface area contributed by atoms with E-state index in [0.29, 0.717) is 11.4 Å². The molecule has 2 aromatic rings. The number of carbonyl (C=O) groups is 2. The Morgan fingerprint density at radius 1 is 1.36 bits per heavy atom. The highest BCUT2D eigenvalue weighted by Gasteiger charge is 2.28. The maximum atomic E-state index is 12.3. The van der Waals surface area contributed by atoms with Crippen LogP contribution in [-0.2, 0) is 9.53 Å². The van der Waals surface area contributed by atoms with Crippen LogP contribution in [0.25, 0.3) is 5.69 Å². The molecule has 1 aromatic carbocycles. The van der Waals surface area contributed by atoms with E-state index in [-0.39, 0.29) is 22.9 Å². The maximum Gasteiger partial charge on any atom is 0.359 e. The first-order valence-corrected chi connectivity index (χ1v) is 7.04. The van der Waals surface area contributed by atoms with Crippen LogP contribution in [0, 0.1) is 0 Å². The number of benzene rings is 1. The van der Waals surface area contributed by atoms with Crippen LogP contribution in [0.1, 0.15) is 23.1 Å². The van der Waals surface area contributed by atoms with Crippen molar-refractivity contribution in [1.29, 1.82) is 0 Å². The van der Waals surface area contributed by atoms with Gasteiger partial charge in [-0.25, -0.2) is 9.48 Å². The summed E-state index contributed by atoms with van der Waals surface area (Å²) < 4.78 is 11.2. The van der Waals surface area contributed by atoms with Crippen LogP contribution in [0.5, 0.6) is 5.75 Å². The van der Waals surface area contributed by atoms with Gasteiger partial charge in [0, 0.05) is 13.0 Å². The second kappa shape index (κ2) is 7.34. The van der Waals surface area contributed by atoms with Crippen molar-refractivity contribution in [3.63, 3.8) is 0 Å². The molecule has 10 heteroatoms. The number of nitrogens with two attached hydrogens (primary N) is 1. The molecule has 0 radical (unpaired) electrons. The predicted molar refractivity (Wildman–Crippen MR) is 88.3 cm³/mol. The molecule has 4 N–H and O–H groups in total. The van der Waals surface area contributed by atoms with E-state index >= 15 is 0 Å². The van der Waals surface area contributed by atoms with Crippen molar-refractivity contribution in [2.24, 2.45) is 10.9 Å². The van der Waals surface area contributed by atoms with E-state index in [9.17, 15) is 9.59 Å². The van der Waals surface area contributed by atoms with Gasteiger partial charge < -0.3 is 25.7 Å². The number of aromatic nitrogens is 2. The third kappa shape index (κ3) is 3.52. The fourth-order valence-corrected chi connectivity index (χ4v) is 2.15. The Morgan fingerprint density at radius 2 is 2.08 bits per heavy atom. The number of anilines is 1. The molecule has 0 saturated carbocycles. The van der Waals surface area contributed by atoms with Gasteiger partial charge in [-0.15, -0.1) is 0 Å². The molecule has 1 heterocycles. The molecule has 0 aliphatic carbocycles. The molecule has 1 amide bonds. The Bertz CT molecular complexity index is 843. The summed E-state index contributed by atoms with van der Waals surface area (Å²) in [6.45, 7) is 1.25. The maximum absolute atomic E-state index is 12.3. The molecule has 0 bridgehead atoms. The smallest absolute Gasteiger partial charge is 0.359 e. The van der Waals surface area contributed by atoms with Crippen LogP contribution in [-0.4, -0.2) is 46.9 Å². The monoisotopic (exact) mass is 347 g/mol. The average Bonchev–Trinajstić information content (AvgIpc) is 2.98. The lowest BCUT2D eigenvalue weighted by molar-refractivity contribution is -0.114. The Labute approximate surface area is 142 Å². The first-order chi connectivity index (χ1) is 11.9. The highest BCUT2D eigenvalue weighted by Crippen LogP contribution is 2.26. The van der Waals surface area contributed by atoms with Gasteiger partial charge in [0.25, 0.3) is 0 Å². The Hall–Kier alpha value is -3.56. The van der Waals surface area contributed by atoms with Crippen LogP contribution in [0.3, 0.4) is 0 Å². The van der Waals surface area contributed by atoms with Crippen molar-refractivity contribution in [3.05, 3.63) is 35.7 Å². The Morgan fingerprint density at radius 3 is 2.64 bits per heavy atom. The molecule has 10 nitrogen and oxygen atoms in total. The molecular weight excluding hydrogens is 330 g/mol. The van der Waals surface area contributed by atoms with E-state index in [1.165, 1.54) is 25.8 Å². The second-order valence-corrected chi connectivity index (χ2v) is 4.84. The van der Waals surface area contributed by atoms with Crippen LogP contribution >= 0.6 is 0 Å². The minimum Gasteiger partial charge on any atom is -0.497 e. The van der Waals surface area contributed by atoms with Crippen LogP contribution in [0.4, 0.5) is 5.69 Å². The number of ether oxygens (including phenoxy) is 2. The first-order valence-electron chi connectivity index (χ1n) is 7.04. The van der Waals surface area contributed by atoms with E-state index in [2.05, 4.69) is 15.6 Å². The van der Waals surface area contributed by atoms with Gasteiger partial charge in [0.1, 0.15) is 11.4 Å². The van der Waals surface area contributed by atoms with E-state index in [1.807, 2.05) is 0 Å². The number of hydrogen-bond donors (Lipinski definition) is 3. The number of hydrogen-bond acceptors (Lipinski definition) is 7. The minimum atomic E-state index is -0.768. The summed E-state index contributed by atoms with van der Waals surface area (Å²) in [6, 6.07) is 6.69. The molecule has 132 valence electrons. The highest BCUT2D eigenvalue weighted by atomic mass is 16.5. The third-order valence-electron chi connectivity index (χ3n) is 3.21. The molecule has 1 aromatic heterocycles. The highest BCUT2D eigenvalue weighted by molar-refractivity contribution is 6.09.